The number of para-hydroxylation sites is 1. The normalized spacial score (nSPS) is 10.5. The Morgan fingerprint density at radius 3 is 2.83 bits per heavy atom. The molecule has 24 heavy (non-hydrogen) atoms. The van der Waals surface area contributed by atoms with Crippen molar-refractivity contribution in [1.29, 1.82) is 0 Å². The van der Waals surface area contributed by atoms with Crippen LogP contribution in [0.25, 0.3) is 11.3 Å². The molecule has 3 rings (SSSR count). The molecule has 0 aliphatic rings. The zero-order chi connectivity index (χ0) is 16.9. The van der Waals surface area contributed by atoms with Crippen LogP contribution in [0.4, 0.5) is 5.69 Å². The molecule has 0 fully saturated rings. The van der Waals surface area contributed by atoms with E-state index < -0.39 is 5.91 Å². The minimum absolute atomic E-state index is 0.141. The van der Waals surface area contributed by atoms with Crippen molar-refractivity contribution < 1.29 is 4.79 Å². The van der Waals surface area contributed by atoms with Crippen LogP contribution in [0.1, 0.15) is 17.4 Å². The molecule has 0 spiro atoms. The Labute approximate surface area is 144 Å². The summed E-state index contributed by atoms with van der Waals surface area (Å²) in [6.45, 7) is 1.96. The zero-order valence-electron chi connectivity index (χ0n) is 12.5. The Balaban J connectivity index is 1.95. The first kappa shape index (κ1) is 16.3. The Morgan fingerprint density at radius 2 is 2.12 bits per heavy atom. The van der Waals surface area contributed by atoms with E-state index in [0.29, 0.717) is 16.4 Å². The summed E-state index contributed by atoms with van der Waals surface area (Å²) < 4.78 is 3.66. The van der Waals surface area contributed by atoms with E-state index in [1.807, 2.05) is 6.92 Å². The molecule has 0 aliphatic heterocycles. The van der Waals surface area contributed by atoms with E-state index in [2.05, 4.69) is 30.1 Å². The number of benzene rings is 1. The summed E-state index contributed by atoms with van der Waals surface area (Å²) in [5.74, 6) is 0.372. The molecule has 0 bridgehead atoms. The van der Waals surface area contributed by atoms with Crippen LogP contribution < -0.4 is 10.9 Å². The molecule has 0 aliphatic carbocycles. The minimum atomic E-state index is -0.404. The lowest BCUT2D eigenvalue weighted by Gasteiger charge is -2.09. The van der Waals surface area contributed by atoms with Crippen LogP contribution in [0.3, 0.4) is 0 Å². The number of hydrogen-bond acceptors (Lipinski definition) is 8. The number of nitrogens with one attached hydrogen (secondary N) is 2. The number of nitrogens with zero attached hydrogens (tertiary/aromatic N) is 4. The number of hydrogen-bond donors (Lipinski definition) is 2. The highest BCUT2D eigenvalue weighted by molar-refractivity contribution is 7.99. The van der Waals surface area contributed by atoms with E-state index in [1.165, 1.54) is 11.8 Å². The number of H-pyrrole nitrogens is 1. The molecule has 1 aromatic carbocycles. The Morgan fingerprint density at radius 1 is 1.29 bits per heavy atom. The van der Waals surface area contributed by atoms with Gasteiger partial charge in [0.05, 0.1) is 5.69 Å². The van der Waals surface area contributed by atoms with Crippen molar-refractivity contribution in [2.24, 2.45) is 0 Å². The van der Waals surface area contributed by atoms with Crippen molar-refractivity contribution in [2.75, 3.05) is 11.1 Å². The monoisotopic (exact) mass is 360 g/mol. The smallest absolute Gasteiger partial charge is 0.278 e. The Kier molecular flexibility index (Phi) is 4.96. The third kappa shape index (κ3) is 3.49. The molecule has 0 radical (unpaired) electrons. The predicted molar refractivity (Wildman–Crippen MR) is 92.3 cm³/mol. The van der Waals surface area contributed by atoms with Crippen LogP contribution in [0.5, 0.6) is 0 Å². The number of carbonyl (C=O) groups is 1. The van der Waals surface area contributed by atoms with Crippen molar-refractivity contribution in [1.82, 2.24) is 24.8 Å². The summed E-state index contributed by atoms with van der Waals surface area (Å²) in [5, 5.41) is 16.4. The molecule has 3 aromatic rings. The van der Waals surface area contributed by atoms with Crippen LogP contribution in [0.15, 0.2) is 39.6 Å². The predicted octanol–water partition coefficient (Wildman–Crippen LogP) is 2.05. The van der Waals surface area contributed by atoms with Crippen LogP contribution >= 0.6 is 23.3 Å². The number of thioether (sulfide) groups is 1. The Bertz CT molecular complexity index is 910. The van der Waals surface area contributed by atoms with Gasteiger partial charge >= 0.3 is 0 Å². The maximum absolute atomic E-state index is 12.3. The van der Waals surface area contributed by atoms with Gasteiger partial charge in [0.1, 0.15) is 0 Å². The lowest BCUT2D eigenvalue weighted by molar-refractivity contribution is 0.102. The molecule has 0 atom stereocenters. The second-order valence-corrected chi connectivity index (χ2v) is 6.39. The third-order valence-electron chi connectivity index (χ3n) is 2.98. The number of amides is 1. The summed E-state index contributed by atoms with van der Waals surface area (Å²) in [4.78, 5) is 27.1. The molecule has 1 amide bonds. The van der Waals surface area contributed by atoms with E-state index in [0.717, 1.165) is 17.3 Å². The average Bonchev–Trinajstić information content (AvgIpc) is 3.11. The van der Waals surface area contributed by atoms with Crippen molar-refractivity contribution in [3.8, 4) is 11.3 Å². The summed E-state index contributed by atoms with van der Waals surface area (Å²) in [6.07, 6.45) is 0. The fraction of sp³-hybridized carbons (Fsp3) is 0.143. The zero-order valence-corrected chi connectivity index (χ0v) is 14.1. The summed E-state index contributed by atoms with van der Waals surface area (Å²) in [6, 6.07) is 6.89. The van der Waals surface area contributed by atoms with Crippen molar-refractivity contribution in [3.05, 3.63) is 45.7 Å². The highest BCUT2D eigenvalue weighted by atomic mass is 32.2. The van der Waals surface area contributed by atoms with Crippen LogP contribution in [0.2, 0.25) is 0 Å². The minimum Gasteiger partial charge on any atom is -0.320 e. The van der Waals surface area contributed by atoms with Gasteiger partial charge in [0.2, 0.25) is 0 Å². The molecule has 0 unspecified atom stereocenters. The van der Waals surface area contributed by atoms with Crippen LogP contribution in [-0.2, 0) is 0 Å². The van der Waals surface area contributed by atoms with E-state index in [1.54, 1.807) is 29.6 Å². The number of aromatic nitrogens is 5. The van der Waals surface area contributed by atoms with Gasteiger partial charge in [-0.25, -0.2) is 0 Å². The molecular weight excluding hydrogens is 348 g/mol. The SMILES string of the molecule is CCSc1nnc(-c2ccccc2NC(=O)c2csnn2)c(=O)[nH]1. The molecule has 0 saturated carbocycles. The van der Waals surface area contributed by atoms with Gasteiger partial charge in [-0.05, 0) is 23.4 Å². The third-order valence-corrected chi connectivity index (χ3v) is 4.23. The number of rotatable bonds is 5. The molecule has 2 aromatic heterocycles. The lowest BCUT2D eigenvalue weighted by Crippen LogP contribution is -2.17. The molecule has 8 nitrogen and oxygen atoms in total. The molecule has 10 heteroatoms. The topological polar surface area (TPSA) is 114 Å². The molecule has 0 saturated heterocycles. The lowest BCUT2D eigenvalue weighted by atomic mass is 10.1. The van der Waals surface area contributed by atoms with Crippen molar-refractivity contribution in [2.45, 2.75) is 12.1 Å². The molecule has 2 heterocycles. The number of carbonyl (C=O) groups excluding carboxylic acids is 1. The van der Waals surface area contributed by atoms with E-state index in [4.69, 9.17) is 0 Å². The molecular formula is C14H12N6O2S2. The fourth-order valence-electron chi connectivity index (χ4n) is 1.95. The first-order chi connectivity index (χ1) is 11.7. The largest absolute Gasteiger partial charge is 0.320 e. The van der Waals surface area contributed by atoms with Gasteiger partial charge in [-0.15, -0.1) is 15.3 Å². The highest BCUT2D eigenvalue weighted by Gasteiger charge is 2.15. The fourth-order valence-corrected chi connectivity index (χ4v) is 2.92. The highest BCUT2D eigenvalue weighted by Crippen LogP contribution is 2.24. The summed E-state index contributed by atoms with van der Waals surface area (Å²) in [5.41, 5.74) is 0.923. The second-order valence-electron chi connectivity index (χ2n) is 4.53. The van der Waals surface area contributed by atoms with Gasteiger partial charge in [0.15, 0.2) is 16.5 Å². The average molecular weight is 360 g/mol. The van der Waals surface area contributed by atoms with E-state index >= 15 is 0 Å². The van der Waals surface area contributed by atoms with Gasteiger partial charge in [-0.2, -0.15) is 0 Å². The van der Waals surface area contributed by atoms with Crippen LogP contribution in [-0.4, -0.2) is 36.4 Å². The van der Waals surface area contributed by atoms with Crippen LogP contribution in [0, 0.1) is 0 Å². The van der Waals surface area contributed by atoms with Crippen molar-refractivity contribution >= 4 is 34.9 Å². The van der Waals surface area contributed by atoms with E-state index in [-0.39, 0.29) is 16.9 Å². The maximum atomic E-state index is 12.3. The summed E-state index contributed by atoms with van der Waals surface area (Å²) in [7, 11) is 0. The summed E-state index contributed by atoms with van der Waals surface area (Å²) >= 11 is 2.48. The van der Waals surface area contributed by atoms with Gasteiger partial charge in [-0.3, -0.25) is 14.6 Å². The standard InChI is InChI=1S/C14H12N6O2S2/c1-2-23-14-16-13(22)11(18-19-14)8-5-3-4-6-9(8)15-12(21)10-7-24-20-17-10/h3-7H,2H2,1H3,(H,15,21)(H,16,19,22). The molecule has 122 valence electrons. The number of aromatic amines is 1. The molecule has 2 N–H and O–H groups in total. The Hall–Kier alpha value is -2.59. The van der Waals surface area contributed by atoms with Gasteiger partial charge in [0.25, 0.3) is 11.5 Å². The second kappa shape index (κ2) is 7.32. The van der Waals surface area contributed by atoms with Gasteiger partial charge < -0.3 is 5.32 Å². The van der Waals surface area contributed by atoms with Crippen molar-refractivity contribution in [3.63, 3.8) is 0 Å². The first-order valence-corrected chi connectivity index (χ1v) is 8.79. The van der Waals surface area contributed by atoms with Gasteiger partial charge in [0, 0.05) is 10.9 Å². The van der Waals surface area contributed by atoms with E-state index in [9.17, 15) is 9.59 Å². The van der Waals surface area contributed by atoms with Gasteiger partial charge in [-0.1, -0.05) is 41.4 Å². The maximum Gasteiger partial charge on any atom is 0.278 e. The first-order valence-electron chi connectivity index (χ1n) is 6.96. The number of anilines is 1. The quantitative estimate of drug-likeness (QED) is 0.669.